The summed E-state index contributed by atoms with van der Waals surface area (Å²) in [4.78, 5) is 0.230. The monoisotopic (exact) mass is 619 g/mol. The Balaban J connectivity index is 1.59. The second kappa shape index (κ2) is 10.8. The quantitative estimate of drug-likeness (QED) is 0.290. The van der Waals surface area contributed by atoms with Crippen molar-refractivity contribution in [1.82, 2.24) is 3.97 Å². The number of nitrogens with zero attached hydrogens (tertiary/aromatic N) is 1. The third-order valence-electron chi connectivity index (χ3n) is 11.8. The summed E-state index contributed by atoms with van der Waals surface area (Å²) >= 11 is 0. The van der Waals surface area contributed by atoms with E-state index < -0.39 is 15.6 Å². The van der Waals surface area contributed by atoms with Crippen LogP contribution in [0.4, 0.5) is 0 Å². The zero-order valence-corrected chi connectivity index (χ0v) is 28.2. The fourth-order valence-corrected chi connectivity index (χ4v) is 10.7. The fraction of sp³-hybridized carbons (Fsp3) is 0.568. The number of aryl methyl sites for hydroxylation is 1. The second-order valence-electron chi connectivity index (χ2n) is 14.6. The first-order chi connectivity index (χ1) is 20.7. The first-order valence-electron chi connectivity index (χ1n) is 16.3. The van der Waals surface area contributed by atoms with Crippen molar-refractivity contribution in [2.45, 2.75) is 103 Å². The minimum Gasteiger partial charge on any atom is -0.386 e. The number of benzene rings is 2. The topological polar surface area (TPSA) is 77.8 Å². The molecule has 2 aromatic carbocycles. The van der Waals surface area contributed by atoms with Crippen molar-refractivity contribution in [3.63, 3.8) is 0 Å². The lowest BCUT2D eigenvalue weighted by Crippen LogP contribution is -2.60. The maximum absolute atomic E-state index is 14.2. The molecule has 2 saturated carbocycles. The lowest BCUT2D eigenvalue weighted by molar-refractivity contribution is -0.176. The Labute approximate surface area is 263 Å². The van der Waals surface area contributed by atoms with Gasteiger partial charge in [-0.3, -0.25) is 0 Å². The molecule has 3 fully saturated rings. The van der Waals surface area contributed by atoms with E-state index in [-0.39, 0.29) is 34.0 Å². The van der Waals surface area contributed by atoms with E-state index in [1.807, 2.05) is 44.2 Å². The minimum atomic E-state index is -3.93. The van der Waals surface area contributed by atoms with Crippen molar-refractivity contribution in [3.05, 3.63) is 71.9 Å². The molecular formula is C37H49NO5S. The Morgan fingerprint density at radius 1 is 1.14 bits per heavy atom. The highest BCUT2D eigenvalue weighted by Gasteiger charge is 2.68. The fourth-order valence-electron chi connectivity index (χ4n) is 9.37. The van der Waals surface area contributed by atoms with Crippen LogP contribution in [0.3, 0.4) is 0 Å². The lowest BCUT2D eigenvalue weighted by atomic mass is 9.40. The number of hydrogen-bond acceptors (Lipinski definition) is 5. The number of aromatic nitrogens is 1. The number of rotatable bonds is 7. The molecule has 238 valence electrons. The molecule has 2 aliphatic carbocycles. The Morgan fingerprint density at radius 3 is 2.50 bits per heavy atom. The van der Waals surface area contributed by atoms with Crippen molar-refractivity contribution in [2.75, 3.05) is 6.61 Å². The van der Waals surface area contributed by atoms with Gasteiger partial charge in [-0.2, -0.15) is 0 Å². The molecule has 0 amide bonds. The number of aliphatic hydroxyl groups is 1. The summed E-state index contributed by atoms with van der Waals surface area (Å²) in [6.45, 7) is 20.1. The van der Waals surface area contributed by atoms with Gasteiger partial charge in [0.1, 0.15) is 0 Å². The summed E-state index contributed by atoms with van der Waals surface area (Å²) in [6.07, 6.45) is 6.64. The smallest absolute Gasteiger partial charge is 0.268 e. The maximum atomic E-state index is 14.2. The molecule has 1 aromatic heterocycles. The van der Waals surface area contributed by atoms with E-state index in [9.17, 15) is 13.5 Å². The summed E-state index contributed by atoms with van der Waals surface area (Å²) in [5.41, 5.74) is 2.58. The molecule has 6 rings (SSSR count). The summed E-state index contributed by atoms with van der Waals surface area (Å²) in [7, 11) is -3.93. The Bertz CT molecular complexity index is 1680. The first-order valence-corrected chi connectivity index (χ1v) is 17.8. The zero-order valence-electron chi connectivity index (χ0n) is 27.4. The van der Waals surface area contributed by atoms with Gasteiger partial charge >= 0.3 is 0 Å². The molecule has 6 nitrogen and oxygen atoms in total. The highest BCUT2D eigenvalue weighted by Crippen LogP contribution is 2.71. The number of allylic oxidation sites excluding steroid dienone is 1. The number of hydrogen-bond donors (Lipinski definition) is 1. The van der Waals surface area contributed by atoms with Crippen LogP contribution in [0, 0.1) is 35.5 Å². The van der Waals surface area contributed by atoms with Crippen molar-refractivity contribution < 1.29 is 23.0 Å². The molecule has 3 aromatic rings. The molecule has 44 heavy (non-hydrogen) atoms. The van der Waals surface area contributed by atoms with Gasteiger partial charge in [0.2, 0.25) is 0 Å². The van der Waals surface area contributed by atoms with Crippen LogP contribution in [0.5, 0.6) is 0 Å². The number of ether oxygens (including phenoxy) is 2. The van der Waals surface area contributed by atoms with E-state index in [0.29, 0.717) is 29.5 Å². The molecule has 7 atom stereocenters. The third-order valence-corrected chi connectivity index (χ3v) is 13.4. The predicted molar refractivity (Wildman–Crippen MR) is 176 cm³/mol. The molecule has 2 heterocycles. The van der Waals surface area contributed by atoms with Crippen LogP contribution in [0.25, 0.3) is 16.5 Å². The first kappa shape index (κ1) is 31.5. The van der Waals surface area contributed by atoms with Crippen LogP contribution in [0.2, 0.25) is 0 Å². The SMILES string of the molecule is C=C(c1cn(S(=O)(=O)c2ccc(C)cc2)c2cccc(C(C)(C)O)c12)[C@@H]1[C@H](C)CC[C@@]2(C)[C@H](C)CC[C@@H]3OC(OCC)C[C@]312. The van der Waals surface area contributed by atoms with Gasteiger partial charge in [-0.25, -0.2) is 12.4 Å². The van der Waals surface area contributed by atoms with Crippen LogP contribution >= 0.6 is 0 Å². The van der Waals surface area contributed by atoms with Crippen molar-refractivity contribution in [3.8, 4) is 0 Å². The Kier molecular flexibility index (Phi) is 7.76. The normalized spacial score (nSPS) is 32.4. The maximum Gasteiger partial charge on any atom is 0.268 e. The predicted octanol–water partition coefficient (Wildman–Crippen LogP) is 8.05. The third kappa shape index (κ3) is 4.56. The van der Waals surface area contributed by atoms with Gasteiger partial charge < -0.3 is 14.6 Å². The molecule has 0 radical (unpaired) electrons. The van der Waals surface area contributed by atoms with E-state index in [0.717, 1.165) is 54.2 Å². The van der Waals surface area contributed by atoms with E-state index in [1.54, 1.807) is 32.2 Å². The Hall–Kier alpha value is -2.45. The van der Waals surface area contributed by atoms with Crippen molar-refractivity contribution in [2.24, 2.45) is 28.6 Å². The average molecular weight is 620 g/mol. The van der Waals surface area contributed by atoms with Crippen molar-refractivity contribution in [1.29, 1.82) is 0 Å². The van der Waals surface area contributed by atoms with Crippen LogP contribution in [-0.2, 0) is 25.1 Å². The van der Waals surface area contributed by atoms with Gasteiger partial charge in [0, 0.05) is 35.6 Å². The van der Waals surface area contributed by atoms with Gasteiger partial charge in [0.05, 0.1) is 22.1 Å². The van der Waals surface area contributed by atoms with E-state index in [2.05, 4.69) is 20.8 Å². The largest absolute Gasteiger partial charge is 0.386 e. The molecule has 1 spiro atoms. The molecule has 1 aliphatic heterocycles. The molecule has 1 saturated heterocycles. The zero-order chi connectivity index (χ0) is 31.8. The lowest BCUT2D eigenvalue weighted by Gasteiger charge is -2.64. The summed E-state index contributed by atoms with van der Waals surface area (Å²) < 4.78 is 42.8. The van der Waals surface area contributed by atoms with Crippen LogP contribution < -0.4 is 0 Å². The number of fused-ring (bicyclic) bond motifs is 1. The van der Waals surface area contributed by atoms with E-state index >= 15 is 0 Å². The molecular weight excluding hydrogens is 570 g/mol. The van der Waals surface area contributed by atoms with Crippen LogP contribution in [0.1, 0.15) is 90.3 Å². The van der Waals surface area contributed by atoms with Crippen LogP contribution in [0.15, 0.2) is 60.1 Å². The van der Waals surface area contributed by atoms with Gasteiger partial charge in [0.25, 0.3) is 10.0 Å². The molecule has 1 unspecified atom stereocenters. The summed E-state index contributed by atoms with van der Waals surface area (Å²) in [5.74, 6) is 0.880. The standard InChI is InChI=1S/C37H49NO5S/c1-9-42-32-21-37-31(43-32)18-15-25(4)36(37,8)20-19-24(3)34(37)26(5)28-22-38(44(40,41)27-16-13-23(2)14-17-27)30-12-10-11-29(33(28)30)35(6,7)39/h10-14,16-17,22,24-25,31-32,34,39H,5,9,15,18-21H2,1-4,6-8H3/t24-,25-,31+,32?,34+,36+,37+/m1/s1. The van der Waals surface area contributed by atoms with E-state index in [4.69, 9.17) is 16.1 Å². The molecule has 3 aliphatic rings. The Morgan fingerprint density at radius 2 is 1.84 bits per heavy atom. The second-order valence-corrected chi connectivity index (χ2v) is 16.4. The molecule has 1 N–H and O–H groups in total. The summed E-state index contributed by atoms with van der Waals surface area (Å²) in [6, 6.07) is 12.6. The van der Waals surface area contributed by atoms with Gasteiger partial charge in [0.15, 0.2) is 6.29 Å². The molecule has 7 heteroatoms. The highest BCUT2D eigenvalue weighted by atomic mass is 32.2. The van der Waals surface area contributed by atoms with E-state index in [1.165, 1.54) is 3.97 Å². The van der Waals surface area contributed by atoms with Crippen molar-refractivity contribution >= 4 is 26.5 Å². The van der Waals surface area contributed by atoms with Gasteiger partial charge in [-0.1, -0.05) is 57.2 Å². The van der Waals surface area contributed by atoms with Gasteiger partial charge in [-0.05, 0) is 106 Å². The summed E-state index contributed by atoms with van der Waals surface area (Å²) in [5, 5.41) is 12.1. The average Bonchev–Trinajstić information content (AvgIpc) is 3.54. The minimum absolute atomic E-state index is 0.0211. The van der Waals surface area contributed by atoms with Gasteiger partial charge in [-0.15, -0.1) is 0 Å². The van der Waals surface area contributed by atoms with Crippen LogP contribution in [-0.4, -0.2) is 36.5 Å². The highest BCUT2D eigenvalue weighted by molar-refractivity contribution is 7.90. The molecule has 0 bridgehead atoms.